The van der Waals surface area contributed by atoms with Gasteiger partial charge in [0.1, 0.15) is 17.5 Å². The molecule has 2 heterocycles. The second kappa shape index (κ2) is 7.26. The van der Waals surface area contributed by atoms with E-state index < -0.39 is 0 Å². The summed E-state index contributed by atoms with van der Waals surface area (Å²) < 4.78 is 18.9. The number of hydrogen-bond acceptors (Lipinski definition) is 4. The minimum Gasteiger partial charge on any atom is -0.373 e. The smallest absolute Gasteiger partial charge is 0.135 e. The summed E-state index contributed by atoms with van der Waals surface area (Å²) in [5.41, 5.74) is 3.22. The summed E-state index contributed by atoms with van der Waals surface area (Å²) in [5.74, 6) is 1.66. The van der Waals surface area contributed by atoms with Gasteiger partial charge in [-0.05, 0) is 51.3 Å². The quantitative estimate of drug-likeness (QED) is 0.857. The van der Waals surface area contributed by atoms with Crippen LogP contribution in [0.4, 0.5) is 10.2 Å². The maximum absolute atomic E-state index is 12.9. The Bertz CT molecular complexity index is 695. The Morgan fingerprint density at radius 1 is 1.08 bits per heavy atom. The Kier molecular flexibility index (Phi) is 5.09. The van der Waals surface area contributed by atoms with Gasteiger partial charge in [0.2, 0.25) is 0 Å². The zero-order chi connectivity index (χ0) is 17.1. The maximum atomic E-state index is 12.9. The highest BCUT2D eigenvalue weighted by Crippen LogP contribution is 2.24. The SMILES string of the molecule is Cc1nc(C)c(C)c(N2CCC(OCc3ccc(F)cc3)CC2)n1. The third-order valence-electron chi connectivity index (χ3n) is 4.62. The van der Waals surface area contributed by atoms with Crippen LogP contribution in [0, 0.1) is 26.6 Å². The van der Waals surface area contributed by atoms with Gasteiger partial charge in [0.05, 0.1) is 12.7 Å². The summed E-state index contributed by atoms with van der Waals surface area (Å²) in [5, 5.41) is 0. The molecule has 1 aromatic carbocycles. The molecule has 1 fully saturated rings. The van der Waals surface area contributed by atoms with Gasteiger partial charge in [-0.2, -0.15) is 0 Å². The van der Waals surface area contributed by atoms with Crippen molar-refractivity contribution >= 4 is 5.82 Å². The van der Waals surface area contributed by atoms with Crippen LogP contribution in [0.2, 0.25) is 0 Å². The summed E-state index contributed by atoms with van der Waals surface area (Å²) >= 11 is 0. The first-order valence-electron chi connectivity index (χ1n) is 8.46. The van der Waals surface area contributed by atoms with Crippen LogP contribution in [0.1, 0.15) is 35.5 Å². The Balaban J connectivity index is 1.55. The van der Waals surface area contributed by atoms with Crippen LogP contribution in [0.15, 0.2) is 24.3 Å². The second-order valence-electron chi connectivity index (χ2n) is 6.43. The third kappa shape index (κ3) is 3.90. The highest BCUT2D eigenvalue weighted by Gasteiger charge is 2.22. The fourth-order valence-electron chi connectivity index (χ4n) is 3.09. The standard InChI is InChI=1S/C19H24FN3O/c1-13-14(2)21-15(3)22-19(13)23-10-8-18(9-11-23)24-12-16-4-6-17(20)7-5-16/h4-7,18H,8-12H2,1-3H3. The Hall–Kier alpha value is -2.01. The second-order valence-corrected chi connectivity index (χ2v) is 6.43. The van der Waals surface area contributed by atoms with Crippen molar-refractivity contribution in [2.75, 3.05) is 18.0 Å². The van der Waals surface area contributed by atoms with Gasteiger partial charge in [-0.25, -0.2) is 14.4 Å². The molecule has 24 heavy (non-hydrogen) atoms. The molecule has 1 aliphatic heterocycles. The summed E-state index contributed by atoms with van der Waals surface area (Å²) in [6.45, 7) is 8.47. The number of rotatable bonds is 4. The molecule has 1 saturated heterocycles. The number of piperidine rings is 1. The molecule has 0 aliphatic carbocycles. The van der Waals surface area contributed by atoms with Crippen molar-refractivity contribution in [1.82, 2.24) is 9.97 Å². The summed E-state index contributed by atoms with van der Waals surface area (Å²) in [4.78, 5) is 11.4. The highest BCUT2D eigenvalue weighted by atomic mass is 19.1. The van der Waals surface area contributed by atoms with E-state index >= 15 is 0 Å². The maximum Gasteiger partial charge on any atom is 0.135 e. The number of aromatic nitrogens is 2. The van der Waals surface area contributed by atoms with Crippen molar-refractivity contribution in [1.29, 1.82) is 0 Å². The van der Waals surface area contributed by atoms with E-state index in [-0.39, 0.29) is 11.9 Å². The lowest BCUT2D eigenvalue weighted by atomic mass is 10.1. The number of hydrogen-bond donors (Lipinski definition) is 0. The van der Waals surface area contributed by atoms with Crippen LogP contribution in [0.25, 0.3) is 0 Å². The van der Waals surface area contributed by atoms with Crippen molar-refractivity contribution in [2.24, 2.45) is 0 Å². The van der Waals surface area contributed by atoms with E-state index in [0.717, 1.165) is 54.4 Å². The zero-order valence-corrected chi connectivity index (χ0v) is 14.6. The Morgan fingerprint density at radius 3 is 2.42 bits per heavy atom. The van der Waals surface area contributed by atoms with Crippen molar-refractivity contribution in [3.05, 3.63) is 52.7 Å². The van der Waals surface area contributed by atoms with Gasteiger partial charge in [0.15, 0.2) is 0 Å². The predicted octanol–water partition coefficient (Wildman–Crippen LogP) is 3.73. The zero-order valence-electron chi connectivity index (χ0n) is 14.6. The average molecular weight is 329 g/mol. The number of benzene rings is 1. The molecular formula is C19H24FN3O. The van der Waals surface area contributed by atoms with Gasteiger partial charge in [0.25, 0.3) is 0 Å². The molecule has 0 N–H and O–H groups in total. The molecule has 0 spiro atoms. The number of halogens is 1. The number of ether oxygens (including phenoxy) is 1. The highest BCUT2D eigenvalue weighted by molar-refractivity contribution is 5.48. The van der Waals surface area contributed by atoms with Gasteiger partial charge in [-0.15, -0.1) is 0 Å². The topological polar surface area (TPSA) is 38.2 Å². The van der Waals surface area contributed by atoms with E-state index in [0.29, 0.717) is 6.61 Å². The molecule has 1 aromatic heterocycles. The predicted molar refractivity (Wildman–Crippen MR) is 92.7 cm³/mol. The van der Waals surface area contributed by atoms with Gasteiger partial charge < -0.3 is 9.64 Å². The molecule has 128 valence electrons. The van der Waals surface area contributed by atoms with E-state index in [9.17, 15) is 4.39 Å². The van der Waals surface area contributed by atoms with Gasteiger partial charge >= 0.3 is 0 Å². The van der Waals surface area contributed by atoms with Gasteiger partial charge in [-0.3, -0.25) is 0 Å². The van der Waals surface area contributed by atoms with Crippen LogP contribution in [0.3, 0.4) is 0 Å². The van der Waals surface area contributed by atoms with Gasteiger partial charge in [-0.1, -0.05) is 12.1 Å². The van der Waals surface area contributed by atoms with Crippen LogP contribution < -0.4 is 4.90 Å². The van der Waals surface area contributed by atoms with Crippen LogP contribution in [-0.4, -0.2) is 29.2 Å². The first-order valence-corrected chi connectivity index (χ1v) is 8.46. The molecule has 0 amide bonds. The van der Waals surface area contributed by atoms with Crippen LogP contribution in [-0.2, 0) is 11.3 Å². The molecule has 0 bridgehead atoms. The van der Waals surface area contributed by atoms with Crippen molar-refractivity contribution < 1.29 is 9.13 Å². The number of aryl methyl sites for hydroxylation is 2. The van der Waals surface area contributed by atoms with Crippen molar-refractivity contribution in [2.45, 2.75) is 46.3 Å². The largest absolute Gasteiger partial charge is 0.373 e. The molecule has 0 saturated carbocycles. The van der Waals surface area contributed by atoms with Crippen molar-refractivity contribution in [3.8, 4) is 0 Å². The lowest BCUT2D eigenvalue weighted by Crippen LogP contribution is -2.38. The summed E-state index contributed by atoms with van der Waals surface area (Å²) in [7, 11) is 0. The minimum absolute atomic E-state index is 0.210. The van der Waals surface area contributed by atoms with E-state index in [1.807, 2.05) is 13.8 Å². The monoisotopic (exact) mass is 329 g/mol. The lowest BCUT2D eigenvalue weighted by Gasteiger charge is -2.33. The van der Waals surface area contributed by atoms with E-state index in [2.05, 4.69) is 21.8 Å². The number of anilines is 1. The fraction of sp³-hybridized carbons (Fsp3) is 0.474. The molecular weight excluding hydrogens is 305 g/mol. The Labute approximate surface area is 142 Å². The summed E-state index contributed by atoms with van der Waals surface area (Å²) in [6, 6.07) is 6.51. The van der Waals surface area contributed by atoms with E-state index in [1.54, 1.807) is 12.1 Å². The van der Waals surface area contributed by atoms with Crippen LogP contribution >= 0.6 is 0 Å². The lowest BCUT2D eigenvalue weighted by molar-refractivity contribution is 0.0250. The van der Waals surface area contributed by atoms with E-state index in [4.69, 9.17) is 4.74 Å². The molecule has 0 unspecified atom stereocenters. The normalized spacial score (nSPS) is 15.8. The Morgan fingerprint density at radius 2 is 1.75 bits per heavy atom. The molecule has 4 nitrogen and oxygen atoms in total. The first-order chi connectivity index (χ1) is 11.5. The molecule has 1 aliphatic rings. The minimum atomic E-state index is -0.210. The molecule has 5 heteroatoms. The molecule has 0 atom stereocenters. The fourth-order valence-corrected chi connectivity index (χ4v) is 3.09. The van der Waals surface area contributed by atoms with Crippen molar-refractivity contribution in [3.63, 3.8) is 0 Å². The molecule has 2 aromatic rings. The molecule has 3 rings (SSSR count). The van der Waals surface area contributed by atoms with Gasteiger partial charge in [0, 0.05) is 24.3 Å². The first kappa shape index (κ1) is 16.8. The van der Waals surface area contributed by atoms with E-state index in [1.165, 1.54) is 12.1 Å². The summed E-state index contributed by atoms with van der Waals surface area (Å²) in [6.07, 6.45) is 2.20. The third-order valence-corrected chi connectivity index (χ3v) is 4.62. The average Bonchev–Trinajstić information content (AvgIpc) is 2.58. The molecule has 0 radical (unpaired) electrons. The van der Waals surface area contributed by atoms with Crippen LogP contribution in [0.5, 0.6) is 0 Å². The number of nitrogens with zero attached hydrogens (tertiary/aromatic N) is 3.